The minimum Gasteiger partial charge on any atom is -0.744 e. The molecule has 0 aromatic heterocycles. The van der Waals surface area contributed by atoms with E-state index in [0.717, 1.165) is 50.5 Å². The Bertz CT molecular complexity index is 930. The van der Waals surface area contributed by atoms with Crippen molar-refractivity contribution in [2.75, 3.05) is 0 Å². The van der Waals surface area contributed by atoms with Crippen molar-refractivity contribution in [1.29, 1.82) is 0 Å². The second kappa shape index (κ2) is 32.9. The smallest absolute Gasteiger partial charge is 0.744 e. The molecule has 0 amide bonds. The van der Waals surface area contributed by atoms with Crippen LogP contribution in [-0.4, -0.2) is 13.0 Å². The van der Waals surface area contributed by atoms with E-state index in [-0.39, 0.29) is 23.8 Å². The molecular weight excluding hydrogens is 591 g/mol. The van der Waals surface area contributed by atoms with Crippen LogP contribution in [0.1, 0.15) is 230 Å². The molecule has 0 saturated heterocycles. The number of aryl methyl sites for hydroxylation is 1. The van der Waals surface area contributed by atoms with E-state index in [2.05, 4.69) is 20.8 Å². The molecule has 0 unspecified atom stereocenters. The maximum Gasteiger partial charge on any atom is 1.00 e. The summed E-state index contributed by atoms with van der Waals surface area (Å²) in [5, 5.41) is 0. The van der Waals surface area contributed by atoms with Gasteiger partial charge < -0.3 is 4.55 Å². The molecule has 1 aromatic rings. The van der Waals surface area contributed by atoms with Gasteiger partial charge in [0.05, 0.1) is 4.90 Å². The SMILES string of the molecule is CCCCCCCCCCCCc1ccc(S(=O)(=O)[O-])c(CCCCCCCCCCCC)c1CCCCCCCCCCCC.[Li+]. The van der Waals surface area contributed by atoms with E-state index in [4.69, 9.17) is 0 Å². The van der Waals surface area contributed by atoms with E-state index in [0.29, 0.717) is 0 Å². The Morgan fingerprint density at radius 2 is 0.681 bits per heavy atom. The van der Waals surface area contributed by atoms with Crippen LogP contribution in [0.2, 0.25) is 0 Å². The monoisotopic (exact) mass is 669 g/mol. The van der Waals surface area contributed by atoms with Gasteiger partial charge in [0.15, 0.2) is 0 Å². The largest absolute Gasteiger partial charge is 1.00 e. The molecule has 1 aromatic carbocycles. The quantitative estimate of drug-likeness (QED) is 0.0417. The summed E-state index contributed by atoms with van der Waals surface area (Å²) >= 11 is 0. The van der Waals surface area contributed by atoms with Crippen LogP contribution < -0.4 is 18.9 Å². The fourth-order valence-corrected chi connectivity index (χ4v) is 7.92. The van der Waals surface area contributed by atoms with Crippen LogP contribution >= 0.6 is 0 Å². The Hall–Kier alpha value is -0.273. The van der Waals surface area contributed by atoms with Gasteiger partial charge in [0.1, 0.15) is 10.1 Å². The summed E-state index contributed by atoms with van der Waals surface area (Å²) in [6.07, 6.45) is 41.4. The van der Waals surface area contributed by atoms with E-state index < -0.39 is 10.1 Å². The van der Waals surface area contributed by atoms with Crippen LogP contribution in [0.4, 0.5) is 0 Å². The van der Waals surface area contributed by atoms with E-state index in [9.17, 15) is 13.0 Å². The predicted octanol–water partition coefficient (Wildman–Crippen LogP) is 11.0. The maximum absolute atomic E-state index is 12.4. The van der Waals surface area contributed by atoms with Gasteiger partial charge in [-0.2, -0.15) is 0 Å². The number of hydrogen-bond acceptors (Lipinski definition) is 3. The fraction of sp³-hybridized carbons (Fsp3) is 0.857. The van der Waals surface area contributed by atoms with Gasteiger partial charge >= 0.3 is 18.9 Å². The molecule has 0 aliphatic heterocycles. The first kappa shape index (κ1) is 46.7. The molecule has 270 valence electrons. The normalized spacial score (nSPS) is 11.7. The molecule has 47 heavy (non-hydrogen) atoms. The standard InChI is InChI=1S/C42H78O3S.Li/c1-4-7-10-13-16-19-22-25-28-31-34-39-37-38-42(46(43,44)45)41(36-33-30-27-24-21-18-15-12-9-6-3)40(39)35-32-29-26-23-20-17-14-11-8-5-2;/h37-38H,4-36H2,1-3H3,(H,43,44,45);/q;+1/p-1. The molecule has 0 N–H and O–H groups in total. The number of benzene rings is 1. The Kier molecular flexibility index (Phi) is 32.7. The van der Waals surface area contributed by atoms with Gasteiger partial charge in [-0.25, -0.2) is 8.42 Å². The van der Waals surface area contributed by atoms with Crippen molar-refractivity contribution in [1.82, 2.24) is 0 Å². The number of unbranched alkanes of at least 4 members (excludes halogenated alkanes) is 27. The molecule has 1 rings (SSSR count). The number of hydrogen-bond donors (Lipinski definition) is 0. The van der Waals surface area contributed by atoms with Crippen LogP contribution in [0.3, 0.4) is 0 Å². The van der Waals surface area contributed by atoms with Gasteiger partial charge in [0, 0.05) is 0 Å². The van der Waals surface area contributed by atoms with E-state index in [1.165, 1.54) is 178 Å². The van der Waals surface area contributed by atoms with Crippen LogP contribution in [0.5, 0.6) is 0 Å². The molecule has 5 heteroatoms. The minimum absolute atomic E-state index is 0. The van der Waals surface area contributed by atoms with Crippen LogP contribution in [0, 0.1) is 0 Å². The van der Waals surface area contributed by atoms with Crippen molar-refractivity contribution < 1.29 is 31.8 Å². The fourth-order valence-electron chi connectivity index (χ4n) is 7.16. The van der Waals surface area contributed by atoms with Crippen LogP contribution in [0.25, 0.3) is 0 Å². The molecule has 0 heterocycles. The molecule has 0 bridgehead atoms. The van der Waals surface area contributed by atoms with Crippen molar-refractivity contribution in [3.05, 3.63) is 28.8 Å². The zero-order valence-electron chi connectivity index (χ0n) is 32.1. The van der Waals surface area contributed by atoms with E-state index in [1.54, 1.807) is 6.07 Å². The third-order valence-electron chi connectivity index (χ3n) is 10.1. The van der Waals surface area contributed by atoms with Gasteiger partial charge in [0.2, 0.25) is 0 Å². The summed E-state index contributed by atoms with van der Waals surface area (Å²) in [5.74, 6) is 0. The van der Waals surface area contributed by atoms with Crippen molar-refractivity contribution in [2.24, 2.45) is 0 Å². The zero-order valence-corrected chi connectivity index (χ0v) is 32.9. The molecule has 3 nitrogen and oxygen atoms in total. The first-order valence-corrected chi connectivity index (χ1v) is 22.0. The summed E-state index contributed by atoms with van der Waals surface area (Å²) in [7, 11) is -4.48. The van der Waals surface area contributed by atoms with Crippen molar-refractivity contribution in [3.63, 3.8) is 0 Å². The average molecular weight is 669 g/mol. The summed E-state index contributed by atoms with van der Waals surface area (Å²) < 4.78 is 37.3. The Morgan fingerprint density at radius 1 is 0.404 bits per heavy atom. The minimum atomic E-state index is -4.48. The third-order valence-corrected chi connectivity index (χ3v) is 11.0. The van der Waals surface area contributed by atoms with Crippen molar-refractivity contribution in [3.8, 4) is 0 Å². The van der Waals surface area contributed by atoms with Crippen molar-refractivity contribution >= 4 is 10.1 Å². The summed E-state index contributed by atoms with van der Waals surface area (Å²) in [6, 6.07) is 3.65. The van der Waals surface area contributed by atoms with Crippen LogP contribution in [0.15, 0.2) is 17.0 Å². The second-order valence-corrected chi connectivity index (χ2v) is 15.8. The summed E-state index contributed by atoms with van der Waals surface area (Å²) in [4.78, 5) is 0.0670. The molecule has 0 atom stereocenters. The summed E-state index contributed by atoms with van der Waals surface area (Å²) in [5.41, 5.74) is 3.39. The molecule has 0 radical (unpaired) electrons. The molecule has 0 aliphatic carbocycles. The maximum atomic E-state index is 12.4. The van der Waals surface area contributed by atoms with Gasteiger partial charge in [-0.3, -0.25) is 0 Å². The van der Waals surface area contributed by atoms with E-state index >= 15 is 0 Å². The third kappa shape index (κ3) is 25.4. The second-order valence-electron chi connectivity index (χ2n) is 14.4. The number of rotatable bonds is 34. The van der Waals surface area contributed by atoms with Crippen LogP contribution in [-0.2, 0) is 29.4 Å². The molecular formula is C42H77LiO3S. The predicted molar refractivity (Wildman–Crippen MR) is 201 cm³/mol. The first-order chi connectivity index (χ1) is 22.5. The van der Waals surface area contributed by atoms with Crippen molar-refractivity contribution in [2.45, 2.75) is 238 Å². The average Bonchev–Trinajstić information content (AvgIpc) is 3.03. The topological polar surface area (TPSA) is 57.2 Å². The summed E-state index contributed by atoms with van der Waals surface area (Å²) in [6.45, 7) is 6.81. The molecule has 0 aliphatic rings. The molecule has 0 spiro atoms. The van der Waals surface area contributed by atoms with Gasteiger partial charge in [-0.15, -0.1) is 0 Å². The van der Waals surface area contributed by atoms with E-state index in [1.807, 2.05) is 6.07 Å². The molecule has 0 fully saturated rings. The van der Waals surface area contributed by atoms with Gasteiger partial charge in [0.25, 0.3) is 0 Å². The Labute approximate surface area is 306 Å². The Morgan fingerprint density at radius 3 is 1.00 bits per heavy atom. The first-order valence-electron chi connectivity index (χ1n) is 20.5. The van der Waals surface area contributed by atoms with Gasteiger partial charge in [-0.05, 0) is 61.3 Å². The van der Waals surface area contributed by atoms with Gasteiger partial charge in [-0.1, -0.05) is 200 Å². The molecule has 0 saturated carbocycles. The Balaban J connectivity index is 0.0000212. The zero-order chi connectivity index (χ0) is 33.6.